The van der Waals surface area contributed by atoms with Crippen LogP contribution in [0.1, 0.15) is 5.56 Å². The fraction of sp³-hybridized carbons (Fsp3) is 0.0526. The number of methoxy groups -OCH3 is 1. The number of rotatable bonds is 5. The van der Waals surface area contributed by atoms with Crippen LogP contribution in [0, 0.1) is 5.82 Å². The van der Waals surface area contributed by atoms with Gasteiger partial charge in [-0.15, -0.1) is 0 Å². The smallest absolute Gasteiger partial charge is 0.168 e. The van der Waals surface area contributed by atoms with Crippen molar-refractivity contribution in [1.82, 2.24) is 19.7 Å². The Labute approximate surface area is 154 Å². The lowest BCUT2D eigenvalue weighted by Crippen LogP contribution is -2.00. The first-order valence-corrected chi connectivity index (χ1v) is 8.12. The minimum absolute atomic E-state index is 0.317. The van der Waals surface area contributed by atoms with Gasteiger partial charge in [-0.25, -0.2) is 19.0 Å². The Bertz CT molecular complexity index is 1120. The molecular formula is C19H15FN6O. The molecule has 0 saturated carbocycles. The highest BCUT2D eigenvalue weighted by Gasteiger charge is 2.11. The lowest BCUT2D eigenvalue weighted by Gasteiger charge is -2.06. The van der Waals surface area contributed by atoms with Crippen LogP contribution in [-0.2, 0) is 0 Å². The molecular weight excluding hydrogens is 347 g/mol. The number of hydrazone groups is 1. The van der Waals surface area contributed by atoms with Gasteiger partial charge in [0.25, 0.3) is 0 Å². The van der Waals surface area contributed by atoms with Crippen molar-refractivity contribution in [1.29, 1.82) is 0 Å². The highest BCUT2D eigenvalue weighted by atomic mass is 19.1. The molecule has 1 N–H and O–H groups in total. The molecule has 0 saturated heterocycles. The Morgan fingerprint density at radius 3 is 2.89 bits per heavy atom. The number of nitrogens with zero attached hydrogens (tertiary/aromatic N) is 5. The number of fused-ring (bicyclic) bond motifs is 1. The SMILES string of the molecule is COc1cccc(-n2ncc3c(N/N=C\c4cccc(F)c4)ncnc32)c1. The molecule has 0 bridgehead atoms. The minimum Gasteiger partial charge on any atom is -0.497 e. The van der Waals surface area contributed by atoms with Crippen molar-refractivity contribution in [2.75, 3.05) is 12.5 Å². The number of hydrogen-bond donors (Lipinski definition) is 1. The third kappa shape index (κ3) is 3.45. The maximum atomic E-state index is 13.2. The summed E-state index contributed by atoms with van der Waals surface area (Å²) < 4.78 is 20.2. The highest BCUT2D eigenvalue weighted by molar-refractivity contribution is 5.88. The van der Waals surface area contributed by atoms with Crippen LogP contribution >= 0.6 is 0 Å². The molecule has 134 valence electrons. The molecule has 0 fully saturated rings. The fourth-order valence-electron chi connectivity index (χ4n) is 2.62. The Hall–Kier alpha value is -3.81. The van der Waals surface area contributed by atoms with Gasteiger partial charge in [0.15, 0.2) is 11.5 Å². The molecule has 0 aliphatic heterocycles. The summed E-state index contributed by atoms with van der Waals surface area (Å²) >= 11 is 0. The molecule has 0 atom stereocenters. The number of benzene rings is 2. The van der Waals surface area contributed by atoms with Gasteiger partial charge in [0.2, 0.25) is 0 Å². The second-order valence-electron chi connectivity index (χ2n) is 5.64. The summed E-state index contributed by atoms with van der Waals surface area (Å²) in [5.41, 5.74) is 4.94. The summed E-state index contributed by atoms with van der Waals surface area (Å²) in [7, 11) is 1.61. The summed E-state index contributed by atoms with van der Waals surface area (Å²) in [6.45, 7) is 0. The quantitative estimate of drug-likeness (QED) is 0.435. The van der Waals surface area contributed by atoms with Crippen molar-refractivity contribution < 1.29 is 9.13 Å². The van der Waals surface area contributed by atoms with Crippen molar-refractivity contribution in [3.05, 3.63) is 72.4 Å². The third-order valence-corrected chi connectivity index (χ3v) is 3.90. The van der Waals surface area contributed by atoms with E-state index in [1.807, 2.05) is 24.3 Å². The van der Waals surface area contributed by atoms with Gasteiger partial charge in [0.05, 0.1) is 30.6 Å². The zero-order valence-corrected chi connectivity index (χ0v) is 14.4. The summed E-state index contributed by atoms with van der Waals surface area (Å²) in [5, 5.41) is 9.23. The maximum Gasteiger partial charge on any atom is 0.168 e. The van der Waals surface area contributed by atoms with Crippen LogP contribution in [0.4, 0.5) is 10.2 Å². The van der Waals surface area contributed by atoms with Crippen LogP contribution in [0.5, 0.6) is 5.75 Å². The van der Waals surface area contributed by atoms with Crippen molar-refractivity contribution in [3.8, 4) is 11.4 Å². The second kappa shape index (κ2) is 7.20. The van der Waals surface area contributed by atoms with Crippen molar-refractivity contribution in [3.63, 3.8) is 0 Å². The van der Waals surface area contributed by atoms with E-state index in [2.05, 4.69) is 25.6 Å². The highest BCUT2D eigenvalue weighted by Crippen LogP contribution is 2.23. The van der Waals surface area contributed by atoms with Gasteiger partial charge in [-0.05, 0) is 29.8 Å². The van der Waals surface area contributed by atoms with E-state index in [9.17, 15) is 4.39 Å². The molecule has 0 aliphatic carbocycles. The first-order chi connectivity index (χ1) is 13.2. The predicted molar refractivity (Wildman–Crippen MR) is 101 cm³/mol. The van der Waals surface area contributed by atoms with E-state index in [0.29, 0.717) is 22.4 Å². The molecule has 27 heavy (non-hydrogen) atoms. The molecule has 0 amide bonds. The van der Waals surface area contributed by atoms with Crippen molar-refractivity contribution in [2.45, 2.75) is 0 Å². The van der Waals surface area contributed by atoms with E-state index < -0.39 is 0 Å². The molecule has 4 aromatic rings. The van der Waals surface area contributed by atoms with Gasteiger partial charge in [-0.3, -0.25) is 5.43 Å². The van der Waals surface area contributed by atoms with E-state index in [-0.39, 0.29) is 5.82 Å². The van der Waals surface area contributed by atoms with Gasteiger partial charge < -0.3 is 4.74 Å². The van der Waals surface area contributed by atoms with Crippen molar-refractivity contribution in [2.24, 2.45) is 5.10 Å². The summed E-state index contributed by atoms with van der Waals surface area (Å²) in [4.78, 5) is 8.53. The zero-order valence-electron chi connectivity index (χ0n) is 14.4. The fourth-order valence-corrected chi connectivity index (χ4v) is 2.62. The molecule has 7 nitrogen and oxygen atoms in total. The Morgan fingerprint density at radius 2 is 2.04 bits per heavy atom. The van der Waals surface area contributed by atoms with Crippen molar-refractivity contribution >= 4 is 23.1 Å². The Morgan fingerprint density at radius 1 is 1.15 bits per heavy atom. The van der Waals surface area contributed by atoms with Crippen LogP contribution in [-0.4, -0.2) is 33.1 Å². The van der Waals surface area contributed by atoms with Gasteiger partial charge in [-0.1, -0.05) is 18.2 Å². The predicted octanol–water partition coefficient (Wildman–Crippen LogP) is 3.41. The number of anilines is 1. The van der Waals surface area contributed by atoms with Crippen LogP contribution in [0.2, 0.25) is 0 Å². The number of halogens is 1. The molecule has 2 aromatic carbocycles. The van der Waals surface area contributed by atoms with E-state index in [1.54, 1.807) is 30.1 Å². The van der Waals surface area contributed by atoms with Gasteiger partial charge >= 0.3 is 0 Å². The van der Waals surface area contributed by atoms with E-state index in [4.69, 9.17) is 4.74 Å². The molecule has 0 unspecified atom stereocenters. The lowest BCUT2D eigenvalue weighted by atomic mass is 10.2. The first kappa shape index (κ1) is 16.6. The standard InChI is InChI=1S/C19H15FN6O/c1-27-16-7-3-6-15(9-16)26-19-17(11-24-26)18(21-12-22-19)25-23-10-13-4-2-5-14(20)8-13/h2-12H,1H3,(H,21,22,25)/b23-10-. The zero-order chi connectivity index (χ0) is 18.6. The molecule has 4 rings (SSSR count). The molecule has 0 spiro atoms. The molecule has 0 aliphatic rings. The van der Waals surface area contributed by atoms with E-state index >= 15 is 0 Å². The maximum absolute atomic E-state index is 13.2. The van der Waals surface area contributed by atoms with E-state index in [0.717, 1.165) is 11.4 Å². The number of hydrogen-bond acceptors (Lipinski definition) is 6. The number of ether oxygens (including phenoxy) is 1. The second-order valence-corrected chi connectivity index (χ2v) is 5.64. The van der Waals surface area contributed by atoms with Crippen LogP contribution in [0.15, 0.2) is 66.2 Å². The Balaban J connectivity index is 1.64. The monoisotopic (exact) mass is 362 g/mol. The normalized spacial score (nSPS) is 11.2. The average Bonchev–Trinajstić information content (AvgIpc) is 3.13. The minimum atomic E-state index is -0.317. The average molecular weight is 362 g/mol. The molecule has 8 heteroatoms. The summed E-state index contributed by atoms with van der Waals surface area (Å²) in [6.07, 6.45) is 4.61. The molecule has 2 heterocycles. The molecule has 0 radical (unpaired) electrons. The third-order valence-electron chi connectivity index (χ3n) is 3.90. The van der Waals surface area contributed by atoms with Gasteiger partial charge in [0.1, 0.15) is 17.9 Å². The first-order valence-electron chi connectivity index (χ1n) is 8.12. The van der Waals surface area contributed by atoms with Gasteiger partial charge in [-0.2, -0.15) is 10.2 Å². The summed E-state index contributed by atoms with van der Waals surface area (Å²) in [6, 6.07) is 13.7. The van der Waals surface area contributed by atoms with E-state index in [1.165, 1.54) is 24.7 Å². The number of aromatic nitrogens is 4. The lowest BCUT2D eigenvalue weighted by molar-refractivity contribution is 0.414. The topological polar surface area (TPSA) is 77.2 Å². The summed E-state index contributed by atoms with van der Waals surface area (Å²) in [5.74, 6) is 0.910. The Kier molecular flexibility index (Phi) is 4.44. The largest absolute Gasteiger partial charge is 0.497 e. The van der Waals surface area contributed by atoms with Crippen LogP contribution in [0.25, 0.3) is 16.7 Å². The van der Waals surface area contributed by atoms with Gasteiger partial charge in [0, 0.05) is 6.07 Å². The number of nitrogens with one attached hydrogen (secondary N) is 1. The van der Waals surface area contributed by atoms with Crippen LogP contribution in [0.3, 0.4) is 0 Å². The molecule has 2 aromatic heterocycles. The van der Waals surface area contributed by atoms with Crippen LogP contribution < -0.4 is 10.2 Å².